The van der Waals surface area contributed by atoms with E-state index in [0.717, 1.165) is 19.7 Å². The molecule has 0 saturated carbocycles. The average molecular weight is 169 g/mol. The summed E-state index contributed by atoms with van der Waals surface area (Å²) >= 11 is 0. The van der Waals surface area contributed by atoms with Gasteiger partial charge >= 0.3 is 0 Å². The van der Waals surface area contributed by atoms with Crippen molar-refractivity contribution in [3.63, 3.8) is 0 Å². The van der Waals surface area contributed by atoms with Crippen LogP contribution in [0.5, 0.6) is 0 Å². The quantitative estimate of drug-likeness (QED) is 0.594. The molecule has 2 nitrogen and oxygen atoms in total. The fraction of sp³-hybridized carbons (Fsp3) is 1.00. The van der Waals surface area contributed by atoms with Crippen LogP contribution in [0.1, 0.15) is 33.1 Å². The van der Waals surface area contributed by atoms with Gasteiger partial charge in [-0.25, -0.2) is 0 Å². The van der Waals surface area contributed by atoms with E-state index in [1.54, 1.807) is 0 Å². The van der Waals surface area contributed by atoms with Gasteiger partial charge in [-0.2, -0.15) is 0 Å². The molecule has 1 unspecified atom stereocenters. The molecular formula is C10H19NO. The molecule has 0 aromatic heterocycles. The van der Waals surface area contributed by atoms with Crippen LogP contribution in [0.3, 0.4) is 0 Å². The highest BCUT2D eigenvalue weighted by Crippen LogP contribution is 2.40. The van der Waals surface area contributed by atoms with E-state index in [2.05, 4.69) is 19.2 Å². The van der Waals surface area contributed by atoms with Crippen LogP contribution in [0, 0.1) is 5.41 Å². The first-order valence-electron chi connectivity index (χ1n) is 4.97. The second kappa shape index (κ2) is 2.71. The summed E-state index contributed by atoms with van der Waals surface area (Å²) in [6.45, 7) is 7.87. The second-order valence-electron chi connectivity index (χ2n) is 5.05. The Morgan fingerprint density at radius 2 is 2.08 bits per heavy atom. The number of rotatable bonds is 0. The molecule has 0 aromatic carbocycles. The number of hydrogen-bond donors (Lipinski definition) is 1. The van der Waals surface area contributed by atoms with Crippen LogP contribution in [-0.2, 0) is 4.74 Å². The first-order valence-corrected chi connectivity index (χ1v) is 4.97. The Balaban J connectivity index is 2.07. The lowest BCUT2D eigenvalue weighted by atomic mass is 9.75. The van der Waals surface area contributed by atoms with Gasteiger partial charge < -0.3 is 10.1 Å². The minimum absolute atomic E-state index is 0.196. The SMILES string of the molecule is CC1(C)CCOC2(CCNC2)C1. The van der Waals surface area contributed by atoms with Crippen molar-refractivity contribution in [2.45, 2.75) is 38.7 Å². The Bertz CT molecular complexity index is 171. The monoisotopic (exact) mass is 169 g/mol. The highest BCUT2D eigenvalue weighted by Gasteiger charge is 2.42. The minimum Gasteiger partial charge on any atom is -0.374 e. The molecule has 2 aliphatic heterocycles. The van der Waals surface area contributed by atoms with Crippen LogP contribution in [0.25, 0.3) is 0 Å². The summed E-state index contributed by atoms with van der Waals surface area (Å²) in [6.07, 6.45) is 3.65. The van der Waals surface area contributed by atoms with Crippen LogP contribution in [0.15, 0.2) is 0 Å². The Labute approximate surface area is 74.7 Å². The molecule has 0 bridgehead atoms. The van der Waals surface area contributed by atoms with Gasteiger partial charge in [0.05, 0.1) is 5.60 Å². The topological polar surface area (TPSA) is 21.3 Å². The zero-order valence-electron chi connectivity index (χ0n) is 8.15. The molecule has 70 valence electrons. The number of hydrogen-bond acceptors (Lipinski definition) is 2. The summed E-state index contributed by atoms with van der Waals surface area (Å²) < 4.78 is 5.90. The van der Waals surface area contributed by atoms with Crippen LogP contribution < -0.4 is 5.32 Å². The first kappa shape index (κ1) is 8.52. The maximum atomic E-state index is 5.90. The van der Waals surface area contributed by atoms with E-state index >= 15 is 0 Å². The van der Waals surface area contributed by atoms with Gasteiger partial charge in [0.25, 0.3) is 0 Å². The lowest BCUT2D eigenvalue weighted by Crippen LogP contribution is -2.44. The molecule has 2 aliphatic rings. The summed E-state index contributed by atoms with van der Waals surface area (Å²) in [5, 5.41) is 3.40. The third kappa shape index (κ3) is 1.50. The van der Waals surface area contributed by atoms with Crippen LogP contribution in [0.4, 0.5) is 0 Å². The van der Waals surface area contributed by atoms with Gasteiger partial charge in [0.15, 0.2) is 0 Å². The summed E-state index contributed by atoms with van der Waals surface area (Å²) in [6, 6.07) is 0. The minimum atomic E-state index is 0.196. The standard InChI is InChI=1S/C10H19NO/c1-9(2)4-6-12-10(7-9)3-5-11-8-10/h11H,3-8H2,1-2H3. The van der Waals surface area contributed by atoms with Crippen molar-refractivity contribution in [2.75, 3.05) is 19.7 Å². The maximum absolute atomic E-state index is 5.90. The summed E-state index contributed by atoms with van der Waals surface area (Å²) in [5.41, 5.74) is 0.687. The van der Waals surface area contributed by atoms with Gasteiger partial charge in [0, 0.05) is 13.2 Å². The van der Waals surface area contributed by atoms with E-state index < -0.39 is 0 Å². The van der Waals surface area contributed by atoms with Crippen molar-refractivity contribution < 1.29 is 4.74 Å². The lowest BCUT2D eigenvalue weighted by Gasteiger charge is -2.42. The fourth-order valence-corrected chi connectivity index (χ4v) is 2.55. The molecule has 2 saturated heterocycles. The van der Waals surface area contributed by atoms with Gasteiger partial charge in [0.1, 0.15) is 0 Å². The molecule has 1 N–H and O–H groups in total. The molecule has 1 spiro atoms. The third-order valence-corrected chi connectivity index (χ3v) is 3.19. The predicted octanol–water partition coefficient (Wildman–Crippen LogP) is 1.56. The Kier molecular flexibility index (Phi) is 1.92. The zero-order valence-corrected chi connectivity index (χ0v) is 8.15. The van der Waals surface area contributed by atoms with E-state index in [0.29, 0.717) is 5.41 Å². The van der Waals surface area contributed by atoms with Crippen molar-refractivity contribution >= 4 is 0 Å². The van der Waals surface area contributed by atoms with E-state index in [-0.39, 0.29) is 5.60 Å². The highest BCUT2D eigenvalue weighted by atomic mass is 16.5. The Hall–Kier alpha value is -0.0800. The van der Waals surface area contributed by atoms with Crippen molar-refractivity contribution in [1.29, 1.82) is 0 Å². The molecule has 1 atom stereocenters. The van der Waals surface area contributed by atoms with Crippen LogP contribution in [0.2, 0.25) is 0 Å². The molecule has 12 heavy (non-hydrogen) atoms. The van der Waals surface area contributed by atoms with E-state index in [4.69, 9.17) is 4.74 Å². The van der Waals surface area contributed by atoms with Crippen molar-refractivity contribution in [3.05, 3.63) is 0 Å². The molecular weight excluding hydrogens is 150 g/mol. The van der Waals surface area contributed by atoms with Gasteiger partial charge in [-0.15, -0.1) is 0 Å². The van der Waals surface area contributed by atoms with E-state index in [9.17, 15) is 0 Å². The predicted molar refractivity (Wildman–Crippen MR) is 49.2 cm³/mol. The molecule has 2 heterocycles. The number of ether oxygens (including phenoxy) is 1. The van der Waals surface area contributed by atoms with Gasteiger partial charge in [0.2, 0.25) is 0 Å². The first-order chi connectivity index (χ1) is 5.62. The maximum Gasteiger partial charge on any atom is 0.0823 e. The molecule has 2 fully saturated rings. The fourth-order valence-electron chi connectivity index (χ4n) is 2.55. The lowest BCUT2D eigenvalue weighted by molar-refractivity contribution is -0.105. The smallest absolute Gasteiger partial charge is 0.0823 e. The van der Waals surface area contributed by atoms with Gasteiger partial charge in [-0.05, 0) is 31.2 Å². The van der Waals surface area contributed by atoms with Gasteiger partial charge in [-0.1, -0.05) is 13.8 Å². The largest absolute Gasteiger partial charge is 0.374 e. The van der Waals surface area contributed by atoms with Crippen LogP contribution >= 0.6 is 0 Å². The highest BCUT2D eigenvalue weighted by molar-refractivity contribution is 4.96. The van der Waals surface area contributed by atoms with Crippen molar-refractivity contribution in [3.8, 4) is 0 Å². The third-order valence-electron chi connectivity index (χ3n) is 3.19. The summed E-state index contributed by atoms with van der Waals surface area (Å²) in [5.74, 6) is 0. The molecule has 0 aliphatic carbocycles. The Morgan fingerprint density at radius 3 is 2.67 bits per heavy atom. The molecule has 2 rings (SSSR count). The summed E-state index contributed by atoms with van der Waals surface area (Å²) in [7, 11) is 0. The van der Waals surface area contributed by atoms with Crippen LogP contribution in [-0.4, -0.2) is 25.3 Å². The van der Waals surface area contributed by atoms with Gasteiger partial charge in [-0.3, -0.25) is 0 Å². The zero-order chi connectivity index (χ0) is 8.66. The Morgan fingerprint density at radius 1 is 1.25 bits per heavy atom. The molecule has 0 radical (unpaired) electrons. The molecule has 2 heteroatoms. The number of nitrogens with one attached hydrogen (secondary N) is 1. The van der Waals surface area contributed by atoms with E-state index in [1.807, 2.05) is 0 Å². The molecule has 0 amide bonds. The normalized spacial score (nSPS) is 40.5. The van der Waals surface area contributed by atoms with Crippen molar-refractivity contribution in [2.24, 2.45) is 5.41 Å². The van der Waals surface area contributed by atoms with E-state index in [1.165, 1.54) is 19.3 Å². The average Bonchev–Trinajstić information content (AvgIpc) is 2.34. The van der Waals surface area contributed by atoms with Crippen molar-refractivity contribution in [1.82, 2.24) is 5.32 Å². The summed E-state index contributed by atoms with van der Waals surface area (Å²) in [4.78, 5) is 0. The molecule has 0 aromatic rings. The second-order valence-corrected chi connectivity index (χ2v) is 5.05.